The Balaban J connectivity index is 1.67. The van der Waals surface area contributed by atoms with Gasteiger partial charge in [-0.2, -0.15) is 5.10 Å². The van der Waals surface area contributed by atoms with Gasteiger partial charge in [0.25, 0.3) is 5.91 Å². The van der Waals surface area contributed by atoms with E-state index in [4.69, 9.17) is 0 Å². The van der Waals surface area contributed by atoms with Crippen LogP contribution in [0.3, 0.4) is 0 Å². The van der Waals surface area contributed by atoms with E-state index in [1.165, 1.54) is 0 Å². The van der Waals surface area contributed by atoms with Crippen molar-refractivity contribution in [3.8, 4) is 17.0 Å². The van der Waals surface area contributed by atoms with Crippen molar-refractivity contribution in [1.82, 2.24) is 20.1 Å². The van der Waals surface area contributed by atoms with Crippen LogP contribution in [0.2, 0.25) is 0 Å². The van der Waals surface area contributed by atoms with Crippen LogP contribution in [0.5, 0.6) is 5.75 Å². The minimum Gasteiger partial charge on any atom is -0.507 e. The molecule has 154 valence electrons. The van der Waals surface area contributed by atoms with E-state index in [1.54, 1.807) is 18.5 Å². The molecule has 0 bridgehead atoms. The van der Waals surface area contributed by atoms with Crippen LogP contribution in [0.25, 0.3) is 11.3 Å². The Labute approximate surface area is 180 Å². The highest BCUT2D eigenvalue weighted by molar-refractivity contribution is 6.00. The monoisotopic (exact) mass is 410 g/mol. The number of hydrogen-bond donors (Lipinski definition) is 2. The summed E-state index contributed by atoms with van der Waals surface area (Å²) >= 11 is 0. The maximum Gasteiger partial charge on any atom is 0.273 e. The van der Waals surface area contributed by atoms with E-state index in [2.05, 4.69) is 15.2 Å². The third-order valence-corrected chi connectivity index (χ3v) is 5.74. The van der Waals surface area contributed by atoms with E-state index in [-0.39, 0.29) is 17.7 Å². The lowest BCUT2D eigenvalue weighted by molar-refractivity contribution is 0.0730. The fraction of sp³-hybridized carbons (Fsp3) is 0.160. The molecule has 0 unspecified atom stereocenters. The summed E-state index contributed by atoms with van der Waals surface area (Å²) < 4.78 is 0. The standard InChI is InChI=1S/C25H22N4O2/c1-15-5-8-18(9-6-15)24-21-22(19-10-7-16(2)12-20(19)30)27-28-23(21)25(31)29(24)14-17-4-3-11-26-13-17/h3-13,24,30H,14H2,1-2H3,(H,27,28)/t24-/m1/s1. The molecule has 2 N–H and O–H groups in total. The fourth-order valence-electron chi connectivity index (χ4n) is 4.19. The zero-order chi connectivity index (χ0) is 21.5. The summed E-state index contributed by atoms with van der Waals surface area (Å²) in [5.74, 6) is 0.0323. The maximum atomic E-state index is 13.4. The molecule has 1 atom stereocenters. The van der Waals surface area contributed by atoms with Crippen LogP contribution < -0.4 is 0 Å². The topological polar surface area (TPSA) is 82.1 Å². The smallest absolute Gasteiger partial charge is 0.273 e. The molecule has 31 heavy (non-hydrogen) atoms. The van der Waals surface area contributed by atoms with E-state index < -0.39 is 0 Å². The lowest BCUT2D eigenvalue weighted by Crippen LogP contribution is -2.29. The summed E-state index contributed by atoms with van der Waals surface area (Å²) in [4.78, 5) is 19.4. The second-order valence-electron chi connectivity index (χ2n) is 7.99. The van der Waals surface area contributed by atoms with Crippen LogP contribution in [0.1, 0.15) is 44.3 Å². The molecule has 0 saturated carbocycles. The van der Waals surface area contributed by atoms with Crippen molar-refractivity contribution < 1.29 is 9.90 Å². The van der Waals surface area contributed by atoms with Crippen LogP contribution in [0.4, 0.5) is 0 Å². The number of carbonyl (C=O) groups excluding carboxylic acids is 1. The number of nitrogens with one attached hydrogen (secondary N) is 1. The van der Waals surface area contributed by atoms with Crippen molar-refractivity contribution in [2.45, 2.75) is 26.4 Å². The zero-order valence-electron chi connectivity index (χ0n) is 17.3. The number of aromatic amines is 1. The highest BCUT2D eigenvalue weighted by atomic mass is 16.3. The average Bonchev–Trinajstić information content (AvgIpc) is 3.29. The number of phenols is 1. The van der Waals surface area contributed by atoms with Crippen molar-refractivity contribution in [2.75, 3.05) is 0 Å². The first-order valence-electron chi connectivity index (χ1n) is 10.2. The summed E-state index contributed by atoms with van der Waals surface area (Å²) in [7, 11) is 0. The second kappa shape index (κ2) is 7.40. The maximum absolute atomic E-state index is 13.4. The quantitative estimate of drug-likeness (QED) is 0.517. The van der Waals surface area contributed by atoms with Gasteiger partial charge in [0.05, 0.1) is 6.04 Å². The number of carbonyl (C=O) groups is 1. The number of aromatic hydroxyl groups is 1. The molecule has 0 aliphatic carbocycles. The number of hydrogen-bond acceptors (Lipinski definition) is 4. The van der Waals surface area contributed by atoms with Gasteiger partial charge in [-0.1, -0.05) is 42.0 Å². The van der Waals surface area contributed by atoms with E-state index in [0.29, 0.717) is 23.5 Å². The Kier molecular flexibility index (Phi) is 4.55. The van der Waals surface area contributed by atoms with Gasteiger partial charge in [-0.25, -0.2) is 0 Å². The van der Waals surface area contributed by atoms with Gasteiger partial charge < -0.3 is 10.0 Å². The number of amides is 1. The molecule has 0 saturated heterocycles. The molecule has 1 aliphatic heterocycles. The normalized spacial score (nSPS) is 15.4. The summed E-state index contributed by atoms with van der Waals surface area (Å²) in [5, 5.41) is 18.0. The van der Waals surface area contributed by atoms with Gasteiger partial charge in [0, 0.05) is 30.1 Å². The lowest BCUT2D eigenvalue weighted by Gasteiger charge is -2.26. The lowest BCUT2D eigenvalue weighted by atomic mass is 9.94. The van der Waals surface area contributed by atoms with E-state index in [0.717, 1.165) is 27.8 Å². The molecular formula is C25H22N4O2. The zero-order valence-corrected chi connectivity index (χ0v) is 17.3. The Morgan fingerprint density at radius 2 is 1.84 bits per heavy atom. The van der Waals surface area contributed by atoms with Crippen LogP contribution >= 0.6 is 0 Å². The number of pyridine rings is 1. The van der Waals surface area contributed by atoms with Crippen molar-refractivity contribution in [2.24, 2.45) is 0 Å². The number of aryl methyl sites for hydroxylation is 2. The molecule has 0 radical (unpaired) electrons. The van der Waals surface area contributed by atoms with Crippen molar-refractivity contribution >= 4 is 5.91 Å². The highest BCUT2D eigenvalue weighted by Gasteiger charge is 2.42. The van der Waals surface area contributed by atoms with Crippen molar-refractivity contribution in [3.63, 3.8) is 0 Å². The number of H-pyrrole nitrogens is 1. The molecular weight excluding hydrogens is 388 g/mol. The van der Waals surface area contributed by atoms with Gasteiger partial charge >= 0.3 is 0 Å². The third kappa shape index (κ3) is 3.26. The molecule has 6 heteroatoms. The molecule has 0 fully saturated rings. The summed E-state index contributed by atoms with van der Waals surface area (Å²) in [5.41, 5.74) is 6.51. The van der Waals surface area contributed by atoms with Crippen LogP contribution in [0, 0.1) is 13.8 Å². The first-order chi connectivity index (χ1) is 15.0. The number of phenolic OH excluding ortho intramolecular Hbond substituents is 1. The molecule has 0 spiro atoms. The Morgan fingerprint density at radius 1 is 1.06 bits per heavy atom. The van der Waals surface area contributed by atoms with Crippen molar-refractivity contribution in [3.05, 3.63) is 101 Å². The molecule has 5 rings (SSSR count). The van der Waals surface area contributed by atoms with Crippen LogP contribution in [-0.4, -0.2) is 31.1 Å². The molecule has 6 nitrogen and oxygen atoms in total. The average molecular weight is 410 g/mol. The van der Waals surface area contributed by atoms with Gasteiger partial charge in [-0.15, -0.1) is 0 Å². The van der Waals surface area contributed by atoms with E-state index >= 15 is 0 Å². The van der Waals surface area contributed by atoms with Gasteiger partial charge in [0.2, 0.25) is 0 Å². The molecule has 1 amide bonds. The number of nitrogens with zero attached hydrogens (tertiary/aromatic N) is 3. The van der Waals surface area contributed by atoms with E-state index in [1.807, 2.05) is 67.3 Å². The fourth-order valence-corrected chi connectivity index (χ4v) is 4.19. The Hall–Kier alpha value is -3.93. The SMILES string of the molecule is Cc1ccc([C@@H]2c3c(-c4ccc(C)cc4O)n[nH]c3C(=O)N2Cc2cccnc2)cc1. The second-order valence-corrected chi connectivity index (χ2v) is 7.99. The predicted molar refractivity (Wildman–Crippen MR) is 118 cm³/mol. The minimum atomic E-state index is -0.322. The number of aromatic nitrogens is 3. The number of benzene rings is 2. The number of rotatable bonds is 4. The van der Waals surface area contributed by atoms with Crippen LogP contribution in [-0.2, 0) is 6.54 Å². The predicted octanol–water partition coefficient (Wildman–Crippen LogP) is 4.54. The van der Waals surface area contributed by atoms with Gasteiger partial charge in [0.1, 0.15) is 17.1 Å². The first-order valence-corrected chi connectivity index (χ1v) is 10.2. The summed E-state index contributed by atoms with van der Waals surface area (Å²) in [6, 6.07) is 17.2. The summed E-state index contributed by atoms with van der Waals surface area (Å²) in [6.45, 7) is 4.38. The Bertz CT molecular complexity index is 1260. The first kappa shape index (κ1) is 19.1. The largest absolute Gasteiger partial charge is 0.507 e. The Morgan fingerprint density at radius 3 is 2.55 bits per heavy atom. The third-order valence-electron chi connectivity index (χ3n) is 5.74. The van der Waals surface area contributed by atoms with Crippen LogP contribution in [0.15, 0.2) is 67.0 Å². The molecule has 2 aromatic carbocycles. The van der Waals surface area contributed by atoms with E-state index in [9.17, 15) is 9.90 Å². The molecule has 4 aromatic rings. The molecule has 2 aromatic heterocycles. The van der Waals surface area contributed by atoms with Gasteiger partial charge in [-0.3, -0.25) is 14.9 Å². The van der Waals surface area contributed by atoms with Gasteiger partial charge in [0.15, 0.2) is 0 Å². The van der Waals surface area contributed by atoms with Gasteiger partial charge in [-0.05, 0) is 48.7 Å². The van der Waals surface area contributed by atoms with Crippen molar-refractivity contribution in [1.29, 1.82) is 0 Å². The molecule has 3 heterocycles. The highest BCUT2D eigenvalue weighted by Crippen LogP contribution is 2.45. The summed E-state index contributed by atoms with van der Waals surface area (Å²) in [6.07, 6.45) is 3.49. The number of fused-ring (bicyclic) bond motifs is 1. The molecule has 1 aliphatic rings. The minimum absolute atomic E-state index is 0.116.